The van der Waals surface area contributed by atoms with Crippen molar-refractivity contribution >= 4 is 18.4 Å². The van der Waals surface area contributed by atoms with Gasteiger partial charge in [-0.05, 0) is 0 Å². The van der Waals surface area contributed by atoms with E-state index < -0.39 is 0 Å². The van der Waals surface area contributed by atoms with Gasteiger partial charge in [0, 0.05) is 9.86 Å². The third kappa shape index (κ3) is 0.540. The lowest BCUT2D eigenvalue weighted by molar-refractivity contribution is -0.283. The quantitative estimate of drug-likeness (QED) is 0.434. The predicted molar refractivity (Wildman–Crippen MR) is 36.1 cm³/mol. The molecule has 5 heteroatoms. The number of rotatable bonds is 0. The second kappa shape index (κ2) is 1.66. The first-order chi connectivity index (χ1) is 4.88. The highest BCUT2D eigenvalue weighted by Gasteiger charge is 2.26. The molecule has 0 aromatic carbocycles. The second-order valence-electron chi connectivity index (χ2n) is 1.84. The molecule has 48 valence electrons. The van der Waals surface area contributed by atoms with Crippen molar-refractivity contribution in [3.05, 3.63) is 16.7 Å². The number of nitrogens with zero attached hydrogens (tertiary/aromatic N) is 4. The van der Waals surface area contributed by atoms with Crippen LogP contribution in [-0.2, 0) is 0 Å². The molecule has 0 N–H and O–H groups in total. The van der Waals surface area contributed by atoms with Crippen LogP contribution in [-0.4, -0.2) is 23.1 Å². The summed E-state index contributed by atoms with van der Waals surface area (Å²) >= 11 is 0. The largest absolute Gasteiger partial charge is 0.342 e. The molecule has 2 rings (SSSR count). The Morgan fingerprint density at radius 1 is 1.50 bits per heavy atom. The molecular formula is C5H3N4O+. The Kier molecular flexibility index (Phi) is 0.858. The van der Waals surface area contributed by atoms with Gasteiger partial charge in [-0.25, -0.2) is 0 Å². The minimum atomic E-state index is 0.315. The number of amidine groups is 1. The van der Waals surface area contributed by atoms with E-state index in [1.54, 1.807) is 6.20 Å². The van der Waals surface area contributed by atoms with Crippen LogP contribution in [0.25, 0.3) is 0 Å². The summed E-state index contributed by atoms with van der Waals surface area (Å²) < 4.78 is 0.586. The first-order valence-corrected chi connectivity index (χ1v) is 2.69. The van der Waals surface area contributed by atoms with Gasteiger partial charge in [0.15, 0.2) is 0 Å². The minimum absolute atomic E-state index is 0.315. The molecule has 10 heavy (non-hydrogen) atoms. The van der Waals surface area contributed by atoms with Crippen molar-refractivity contribution in [3.63, 3.8) is 0 Å². The van der Waals surface area contributed by atoms with Crippen LogP contribution in [0.3, 0.4) is 0 Å². The Morgan fingerprint density at radius 3 is 3.20 bits per heavy atom. The zero-order valence-corrected chi connectivity index (χ0v) is 4.93. The average molecular weight is 135 g/mol. The van der Waals surface area contributed by atoms with Gasteiger partial charge in [-0.1, -0.05) is 10.0 Å². The van der Waals surface area contributed by atoms with E-state index in [2.05, 4.69) is 15.2 Å². The van der Waals surface area contributed by atoms with Crippen molar-refractivity contribution < 1.29 is 4.76 Å². The molecule has 0 saturated carbocycles. The van der Waals surface area contributed by atoms with Gasteiger partial charge in [0.2, 0.25) is 0 Å². The Balaban J connectivity index is 2.54. The molecular weight excluding hydrogens is 132 g/mol. The molecule has 0 fully saturated rings. The molecule has 0 atom stereocenters. The Morgan fingerprint density at radius 2 is 2.40 bits per heavy atom. The summed E-state index contributed by atoms with van der Waals surface area (Å²) in [5.41, 5.74) is 0.664. The zero-order valence-electron chi connectivity index (χ0n) is 4.93. The summed E-state index contributed by atoms with van der Waals surface area (Å²) in [6.07, 6.45) is 4.19. The van der Waals surface area contributed by atoms with E-state index in [0.717, 1.165) is 6.34 Å². The van der Waals surface area contributed by atoms with Crippen LogP contribution in [0.1, 0.15) is 0 Å². The van der Waals surface area contributed by atoms with E-state index in [1.807, 2.05) is 0 Å². The molecule has 0 spiro atoms. The molecule has 0 saturated heterocycles. The van der Waals surface area contributed by atoms with Crippen LogP contribution in [0, 0.1) is 4.91 Å². The third-order valence-electron chi connectivity index (χ3n) is 1.20. The molecule has 0 bridgehead atoms. The molecule has 0 amide bonds. The summed E-state index contributed by atoms with van der Waals surface area (Å²) in [7, 11) is 0. The van der Waals surface area contributed by atoms with Crippen LogP contribution in [0.4, 0.5) is 0 Å². The lowest BCUT2D eigenvalue weighted by atomic mass is 10.3. The normalized spacial score (nSPS) is 20.6. The van der Waals surface area contributed by atoms with Gasteiger partial charge in [0.1, 0.15) is 11.8 Å². The van der Waals surface area contributed by atoms with Crippen molar-refractivity contribution in [3.8, 4) is 0 Å². The van der Waals surface area contributed by atoms with Gasteiger partial charge in [-0.15, -0.1) is 4.99 Å². The highest BCUT2D eigenvalue weighted by Crippen LogP contribution is 2.07. The van der Waals surface area contributed by atoms with Crippen LogP contribution in [0.5, 0.6) is 0 Å². The van der Waals surface area contributed by atoms with Gasteiger partial charge in [-0.2, -0.15) is 0 Å². The van der Waals surface area contributed by atoms with Gasteiger partial charge >= 0.3 is 5.84 Å². The summed E-state index contributed by atoms with van der Waals surface area (Å²) in [5, 5.41) is 7.13. The first kappa shape index (κ1) is 5.16. The second-order valence-corrected chi connectivity index (χ2v) is 1.84. The van der Waals surface area contributed by atoms with E-state index >= 15 is 0 Å². The lowest BCUT2D eigenvalue weighted by Gasteiger charge is -1.90. The zero-order chi connectivity index (χ0) is 6.97. The summed E-state index contributed by atoms with van der Waals surface area (Å²) in [6, 6.07) is 0. The molecule has 0 unspecified atom stereocenters. The number of hydrogen-bond acceptors (Lipinski definition) is 4. The maximum atomic E-state index is 10.8. The van der Waals surface area contributed by atoms with Crippen LogP contribution < -0.4 is 0 Å². The fourth-order valence-electron chi connectivity index (χ4n) is 0.752. The van der Waals surface area contributed by atoms with Crippen molar-refractivity contribution in [2.24, 2.45) is 15.2 Å². The van der Waals surface area contributed by atoms with Gasteiger partial charge in [0.05, 0.1) is 6.21 Å². The number of aliphatic imine (C=N–C) groups is 1. The van der Waals surface area contributed by atoms with Crippen molar-refractivity contribution in [2.75, 3.05) is 0 Å². The fourth-order valence-corrected chi connectivity index (χ4v) is 0.752. The SMILES string of the molecule is O=[N+]1C=NC=C2C=NN=C21. The molecule has 5 nitrogen and oxygen atoms in total. The van der Waals surface area contributed by atoms with Gasteiger partial charge in [0.25, 0.3) is 6.34 Å². The van der Waals surface area contributed by atoms with Crippen LogP contribution >= 0.6 is 0 Å². The molecule has 0 aromatic heterocycles. The lowest BCUT2D eigenvalue weighted by Crippen LogP contribution is -2.19. The van der Waals surface area contributed by atoms with E-state index in [0.29, 0.717) is 16.2 Å². The predicted octanol–water partition coefficient (Wildman–Crippen LogP) is 0.0890. The van der Waals surface area contributed by atoms with Gasteiger partial charge in [-0.3, -0.25) is 0 Å². The summed E-state index contributed by atoms with van der Waals surface area (Å²) in [5.74, 6) is 0.315. The molecule has 2 aliphatic rings. The van der Waals surface area contributed by atoms with Gasteiger partial charge < -0.3 is 0 Å². The molecule has 0 radical (unpaired) electrons. The third-order valence-corrected chi connectivity index (χ3v) is 1.20. The summed E-state index contributed by atoms with van der Waals surface area (Å²) in [6.45, 7) is 0. The molecule has 2 aliphatic heterocycles. The van der Waals surface area contributed by atoms with E-state index in [-0.39, 0.29) is 0 Å². The van der Waals surface area contributed by atoms with Crippen LogP contribution in [0.15, 0.2) is 27.0 Å². The van der Waals surface area contributed by atoms with Crippen molar-refractivity contribution in [1.82, 2.24) is 0 Å². The average Bonchev–Trinajstić information content (AvgIpc) is 2.36. The highest BCUT2D eigenvalue weighted by atomic mass is 16.3. The number of hydrogen-bond donors (Lipinski definition) is 0. The van der Waals surface area contributed by atoms with E-state index in [9.17, 15) is 4.91 Å². The summed E-state index contributed by atoms with van der Waals surface area (Å²) in [4.78, 5) is 14.4. The minimum Gasteiger partial charge on any atom is -0.115 e. The first-order valence-electron chi connectivity index (χ1n) is 2.69. The standard InChI is InChI=1S/C5H3N4O/c10-9-3-6-1-4-2-7-8-5(4)9/h1-3H/q+1. The highest BCUT2D eigenvalue weighted by molar-refractivity contribution is 6.15. The Labute approximate surface area is 56.1 Å². The molecule has 2 heterocycles. The van der Waals surface area contributed by atoms with Crippen molar-refractivity contribution in [2.45, 2.75) is 0 Å². The smallest absolute Gasteiger partial charge is 0.115 e. The Bertz CT molecular complexity index is 304. The number of fused-ring (bicyclic) bond motifs is 1. The topological polar surface area (TPSA) is 57.2 Å². The monoisotopic (exact) mass is 135 g/mol. The maximum Gasteiger partial charge on any atom is 0.342 e. The Hall–Kier alpha value is -1.65. The van der Waals surface area contributed by atoms with Crippen molar-refractivity contribution in [1.29, 1.82) is 0 Å². The van der Waals surface area contributed by atoms with Crippen LogP contribution in [0.2, 0.25) is 0 Å². The molecule has 0 aliphatic carbocycles. The maximum absolute atomic E-state index is 10.8. The van der Waals surface area contributed by atoms with E-state index in [4.69, 9.17) is 0 Å². The molecule has 0 aromatic rings. The van der Waals surface area contributed by atoms with E-state index in [1.165, 1.54) is 6.21 Å². The number of nitroso groups, excluding NO2 is 1. The fraction of sp³-hybridized carbons (Fsp3) is 0.